The van der Waals surface area contributed by atoms with Gasteiger partial charge in [-0.1, -0.05) is 27.7 Å². The van der Waals surface area contributed by atoms with Crippen LogP contribution in [0.1, 0.15) is 38.8 Å². The molecule has 0 aliphatic carbocycles. The molecule has 0 aromatic heterocycles. The molecule has 0 saturated heterocycles. The average Bonchev–Trinajstić information content (AvgIpc) is 2.14. The van der Waals surface area contributed by atoms with E-state index in [9.17, 15) is 20.4 Å². The number of hydrogen-bond donors (Lipinski definition) is 4. The maximum absolute atomic E-state index is 9.83. The zero-order chi connectivity index (χ0) is 12.7. The monoisotopic (exact) mass is 226 g/mol. The van der Waals surface area contributed by atoms with Gasteiger partial charge in [0.05, 0.1) is 0 Å². The molecule has 0 unspecified atom stereocenters. The first-order chi connectivity index (χ1) is 7.21. The molecule has 4 nitrogen and oxygen atoms in total. The minimum Gasteiger partial charge on any atom is -0.504 e. The number of aromatic hydroxyl groups is 4. The first-order valence-corrected chi connectivity index (χ1v) is 5.21. The lowest BCUT2D eigenvalue weighted by Crippen LogP contribution is -2.12. The first-order valence-electron chi connectivity index (χ1n) is 5.21. The van der Waals surface area contributed by atoms with E-state index in [-0.39, 0.29) is 34.1 Å². The molecule has 0 aliphatic heterocycles. The molecule has 0 amide bonds. The van der Waals surface area contributed by atoms with Gasteiger partial charge in [0.15, 0.2) is 23.0 Å². The minimum absolute atomic E-state index is 0.153. The van der Waals surface area contributed by atoms with Gasteiger partial charge in [0, 0.05) is 11.1 Å². The number of rotatable bonds is 1. The van der Waals surface area contributed by atoms with E-state index in [2.05, 4.69) is 0 Å². The first kappa shape index (κ1) is 12.5. The van der Waals surface area contributed by atoms with Gasteiger partial charge in [-0.3, -0.25) is 0 Å². The predicted octanol–water partition coefficient (Wildman–Crippen LogP) is 2.37. The quantitative estimate of drug-likeness (QED) is 0.438. The Balaban J connectivity index is 3.67. The molecule has 4 N–H and O–H groups in total. The van der Waals surface area contributed by atoms with Crippen molar-refractivity contribution in [3.05, 3.63) is 11.1 Å². The topological polar surface area (TPSA) is 80.9 Å². The van der Waals surface area contributed by atoms with Crippen molar-refractivity contribution in [1.82, 2.24) is 0 Å². The van der Waals surface area contributed by atoms with Gasteiger partial charge in [-0.05, 0) is 11.8 Å². The molecule has 90 valence electrons. The standard InChI is InChI=1S/C12H18O4/c1-5-6-8(13)10(15)7(12(2,3)4)11(16)9(6)14/h13-16H,5H2,1-4H3. The van der Waals surface area contributed by atoms with Gasteiger partial charge in [0.1, 0.15) is 0 Å². The van der Waals surface area contributed by atoms with E-state index >= 15 is 0 Å². The van der Waals surface area contributed by atoms with Crippen LogP contribution in [0.3, 0.4) is 0 Å². The summed E-state index contributed by atoms with van der Waals surface area (Å²) in [5.74, 6) is -1.44. The Labute approximate surface area is 94.8 Å². The van der Waals surface area contributed by atoms with Crippen molar-refractivity contribution in [1.29, 1.82) is 0 Å². The Morgan fingerprint density at radius 2 is 1.19 bits per heavy atom. The van der Waals surface area contributed by atoms with Crippen molar-refractivity contribution in [2.24, 2.45) is 0 Å². The fraction of sp³-hybridized carbons (Fsp3) is 0.500. The summed E-state index contributed by atoms with van der Waals surface area (Å²) >= 11 is 0. The summed E-state index contributed by atoms with van der Waals surface area (Å²) in [6.07, 6.45) is 0.323. The fourth-order valence-corrected chi connectivity index (χ4v) is 1.79. The molecule has 0 saturated carbocycles. The zero-order valence-corrected chi connectivity index (χ0v) is 10.00. The number of phenols is 4. The highest BCUT2D eigenvalue weighted by Gasteiger charge is 2.29. The zero-order valence-electron chi connectivity index (χ0n) is 10.00. The molecule has 0 heterocycles. The summed E-state index contributed by atoms with van der Waals surface area (Å²) in [6, 6.07) is 0. The van der Waals surface area contributed by atoms with Crippen LogP contribution in [0.15, 0.2) is 0 Å². The normalized spacial score (nSPS) is 11.8. The van der Waals surface area contributed by atoms with Crippen LogP contribution in [0, 0.1) is 0 Å². The smallest absolute Gasteiger partial charge is 0.165 e. The summed E-state index contributed by atoms with van der Waals surface area (Å²) in [4.78, 5) is 0. The van der Waals surface area contributed by atoms with Gasteiger partial charge in [0.2, 0.25) is 0 Å². The summed E-state index contributed by atoms with van der Waals surface area (Å²) < 4.78 is 0. The van der Waals surface area contributed by atoms with Crippen molar-refractivity contribution in [3.8, 4) is 23.0 Å². The van der Waals surface area contributed by atoms with E-state index in [4.69, 9.17) is 0 Å². The molecule has 0 atom stereocenters. The molecule has 1 rings (SSSR count). The molecule has 1 aromatic carbocycles. The second kappa shape index (κ2) is 3.77. The molecule has 0 bridgehead atoms. The summed E-state index contributed by atoms with van der Waals surface area (Å²) in [5, 5.41) is 39.1. The van der Waals surface area contributed by atoms with Crippen molar-refractivity contribution >= 4 is 0 Å². The summed E-state index contributed by atoms with van der Waals surface area (Å²) in [5.41, 5.74) is -0.266. The van der Waals surface area contributed by atoms with Gasteiger partial charge >= 0.3 is 0 Å². The van der Waals surface area contributed by atoms with Crippen molar-refractivity contribution in [2.75, 3.05) is 0 Å². The molecule has 1 aromatic rings. The molecule has 0 spiro atoms. The predicted molar refractivity (Wildman–Crippen MR) is 61.2 cm³/mol. The molecule has 0 radical (unpaired) electrons. The second-order valence-electron chi connectivity index (χ2n) is 4.85. The maximum Gasteiger partial charge on any atom is 0.165 e. The number of phenolic OH excluding ortho intramolecular Hbond substituents is 4. The van der Waals surface area contributed by atoms with Crippen LogP contribution in [0.5, 0.6) is 23.0 Å². The van der Waals surface area contributed by atoms with Gasteiger partial charge in [0.25, 0.3) is 0 Å². The van der Waals surface area contributed by atoms with E-state index in [1.54, 1.807) is 27.7 Å². The van der Waals surface area contributed by atoms with E-state index in [0.717, 1.165) is 0 Å². The van der Waals surface area contributed by atoms with Crippen LogP contribution in [-0.2, 0) is 11.8 Å². The molecular formula is C12H18O4. The molecule has 0 aliphatic rings. The summed E-state index contributed by atoms with van der Waals surface area (Å²) in [6.45, 7) is 7.02. The molecule has 16 heavy (non-hydrogen) atoms. The van der Waals surface area contributed by atoms with Gasteiger partial charge < -0.3 is 20.4 Å². The Morgan fingerprint density at radius 1 is 0.812 bits per heavy atom. The van der Waals surface area contributed by atoms with Gasteiger partial charge in [-0.25, -0.2) is 0 Å². The molecule has 4 heteroatoms. The Morgan fingerprint density at radius 3 is 1.44 bits per heavy atom. The van der Waals surface area contributed by atoms with Crippen LogP contribution in [0.2, 0.25) is 0 Å². The van der Waals surface area contributed by atoms with E-state index < -0.39 is 5.41 Å². The van der Waals surface area contributed by atoms with Crippen LogP contribution in [0.4, 0.5) is 0 Å². The van der Waals surface area contributed by atoms with E-state index in [1.807, 2.05) is 0 Å². The van der Waals surface area contributed by atoms with Crippen LogP contribution in [0.25, 0.3) is 0 Å². The third kappa shape index (κ3) is 1.75. The highest BCUT2D eigenvalue weighted by Crippen LogP contribution is 2.50. The third-order valence-electron chi connectivity index (χ3n) is 2.60. The Hall–Kier alpha value is -1.58. The largest absolute Gasteiger partial charge is 0.504 e. The lowest BCUT2D eigenvalue weighted by molar-refractivity contribution is 0.346. The van der Waals surface area contributed by atoms with Crippen LogP contribution in [-0.4, -0.2) is 20.4 Å². The van der Waals surface area contributed by atoms with E-state index in [1.165, 1.54) is 0 Å². The maximum atomic E-state index is 9.83. The van der Waals surface area contributed by atoms with Crippen molar-refractivity contribution in [3.63, 3.8) is 0 Å². The Kier molecular flexibility index (Phi) is 2.95. The highest BCUT2D eigenvalue weighted by molar-refractivity contribution is 5.66. The second-order valence-corrected chi connectivity index (χ2v) is 4.85. The van der Waals surface area contributed by atoms with Crippen LogP contribution >= 0.6 is 0 Å². The van der Waals surface area contributed by atoms with Crippen LogP contribution < -0.4 is 0 Å². The summed E-state index contributed by atoms with van der Waals surface area (Å²) in [7, 11) is 0. The van der Waals surface area contributed by atoms with Crippen molar-refractivity contribution in [2.45, 2.75) is 39.5 Å². The van der Waals surface area contributed by atoms with E-state index in [0.29, 0.717) is 6.42 Å². The number of hydrogen-bond acceptors (Lipinski definition) is 4. The lowest BCUT2D eigenvalue weighted by atomic mass is 9.84. The molecule has 0 fully saturated rings. The number of benzene rings is 1. The molecular weight excluding hydrogens is 208 g/mol. The average molecular weight is 226 g/mol. The third-order valence-corrected chi connectivity index (χ3v) is 2.60. The van der Waals surface area contributed by atoms with Gasteiger partial charge in [-0.2, -0.15) is 0 Å². The lowest BCUT2D eigenvalue weighted by Gasteiger charge is -2.24. The Bertz CT molecular complexity index is 387. The minimum atomic E-state index is -0.574. The fourth-order valence-electron chi connectivity index (χ4n) is 1.79. The van der Waals surface area contributed by atoms with Crippen molar-refractivity contribution < 1.29 is 20.4 Å². The van der Waals surface area contributed by atoms with Gasteiger partial charge in [-0.15, -0.1) is 0 Å². The highest BCUT2D eigenvalue weighted by atomic mass is 16.3. The SMILES string of the molecule is CCc1c(O)c(O)c(C(C)(C)C)c(O)c1O.